The van der Waals surface area contributed by atoms with Crippen LogP contribution in [-0.4, -0.2) is 54.1 Å². The SMILES string of the molecule is Cc1cnn(-c2ccc(S(=O)(=O)N3CCN(C)C[C@H]3c3ccccc3)cc2F)c1. The molecule has 2 heterocycles. The molecule has 1 atom stereocenters. The van der Waals surface area contributed by atoms with E-state index in [1.165, 1.54) is 21.1 Å². The monoisotopic (exact) mass is 414 g/mol. The number of rotatable bonds is 4. The summed E-state index contributed by atoms with van der Waals surface area (Å²) in [6, 6.07) is 13.2. The molecule has 0 radical (unpaired) electrons. The standard InChI is InChI=1S/C21H23FN4O2S/c1-16-13-23-25(14-16)20-9-8-18(12-19(20)22)29(27,28)26-11-10-24(2)15-21(26)17-6-4-3-5-7-17/h3-9,12-14,21H,10-11,15H2,1-2H3/t21-/m0/s1. The first kappa shape index (κ1) is 19.8. The third-order valence-electron chi connectivity index (χ3n) is 5.20. The van der Waals surface area contributed by atoms with Crippen molar-refractivity contribution in [1.82, 2.24) is 19.0 Å². The Bertz CT molecular complexity index is 1110. The number of nitrogens with zero attached hydrogens (tertiary/aromatic N) is 4. The molecule has 2 aromatic carbocycles. The highest BCUT2D eigenvalue weighted by Gasteiger charge is 2.36. The van der Waals surface area contributed by atoms with Crippen molar-refractivity contribution in [2.24, 2.45) is 0 Å². The van der Waals surface area contributed by atoms with E-state index in [9.17, 15) is 12.8 Å². The molecule has 4 rings (SSSR count). The summed E-state index contributed by atoms with van der Waals surface area (Å²) in [5.74, 6) is -0.625. The minimum atomic E-state index is -3.86. The van der Waals surface area contributed by atoms with Gasteiger partial charge in [-0.1, -0.05) is 30.3 Å². The van der Waals surface area contributed by atoms with Crippen molar-refractivity contribution in [2.75, 3.05) is 26.7 Å². The van der Waals surface area contributed by atoms with Gasteiger partial charge in [0.1, 0.15) is 11.5 Å². The summed E-state index contributed by atoms with van der Waals surface area (Å²) in [4.78, 5) is 2.06. The number of sulfonamides is 1. The number of aryl methyl sites for hydroxylation is 1. The van der Waals surface area contributed by atoms with Gasteiger partial charge in [0, 0.05) is 25.8 Å². The van der Waals surface area contributed by atoms with Gasteiger partial charge in [-0.2, -0.15) is 9.40 Å². The van der Waals surface area contributed by atoms with E-state index in [1.807, 2.05) is 44.3 Å². The van der Waals surface area contributed by atoms with Crippen LogP contribution in [0.25, 0.3) is 5.69 Å². The highest BCUT2D eigenvalue weighted by molar-refractivity contribution is 7.89. The molecule has 29 heavy (non-hydrogen) atoms. The molecule has 1 aromatic heterocycles. The van der Waals surface area contributed by atoms with Gasteiger partial charge in [-0.3, -0.25) is 0 Å². The van der Waals surface area contributed by atoms with Crippen LogP contribution in [0.4, 0.5) is 4.39 Å². The van der Waals surface area contributed by atoms with Gasteiger partial charge in [0.2, 0.25) is 10.0 Å². The lowest BCUT2D eigenvalue weighted by Gasteiger charge is -2.39. The van der Waals surface area contributed by atoms with E-state index in [-0.39, 0.29) is 16.6 Å². The Morgan fingerprint density at radius 1 is 1.10 bits per heavy atom. The molecular weight excluding hydrogens is 391 g/mol. The number of hydrogen-bond donors (Lipinski definition) is 0. The summed E-state index contributed by atoms with van der Waals surface area (Å²) in [5, 5.41) is 4.10. The van der Waals surface area contributed by atoms with Crippen LogP contribution >= 0.6 is 0 Å². The van der Waals surface area contributed by atoms with Gasteiger partial charge in [-0.15, -0.1) is 0 Å². The van der Waals surface area contributed by atoms with Crippen LogP contribution in [0, 0.1) is 12.7 Å². The van der Waals surface area contributed by atoms with Crippen molar-refractivity contribution in [1.29, 1.82) is 0 Å². The second kappa shape index (κ2) is 7.70. The third-order valence-corrected chi connectivity index (χ3v) is 7.11. The molecule has 3 aromatic rings. The predicted molar refractivity (Wildman–Crippen MR) is 109 cm³/mol. The van der Waals surface area contributed by atoms with Crippen molar-refractivity contribution in [3.8, 4) is 5.69 Å². The van der Waals surface area contributed by atoms with Crippen molar-refractivity contribution < 1.29 is 12.8 Å². The number of halogens is 1. The van der Waals surface area contributed by atoms with Crippen LogP contribution in [-0.2, 0) is 10.0 Å². The van der Waals surface area contributed by atoms with E-state index in [4.69, 9.17) is 0 Å². The van der Waals surface area contributed by atoms with Crippen molar-refractivity contribution in [3.05, 3.63) is 77.9 Å². The van der Waals surface area contributed by atoms with Crippen molar-refractivity contribution >= 4 is 10.0 Å². The molecule has 0 unspecified atom stereocenters. The zero-order valence-electron chi connectivity index (χ0n) is 16.4. The van der Waals surface area contributed by atoms with E-state index in [0.717, 1.165) is 17.2 Å². The Hall–Kier alpha value is -2.55. The van der Waals surface area contributed by atoms with Crippen molar-refractivity contribution in [3.63, 3.8) is 0 Å². The largest absolute Gasteiger partial charge is 0.303 e. The summed E-state index contributed by atoms with van der Waals surface area (Å²) in [6.07, 6.45) is 3.32. The van der Waals surface area contributed by atoms with E-state index in [0.29, 0.717) is 19.6 Å². The Kier molecular flexibility index (Phi) is 5.24. The van der Waals surface area contributed by atoms with Gasteiger partial charge < -0.3 is 4.90 Å². The molecule has 6 nitrogen and oxygen atoms in total. The molecule has 0 spiro atoms. The molecule has 0 saturated carbocycles. The lowest BCUT2D eigenvalue weighted by molar-refractivity contribution is 0.160. The minimum absolute atomic E-state index is 0.0480. The smallest absolute Gasteiger partial charge is 0.243 e. The van der Waals surface area contributed by atoms with Gasteiger partial charge >= 0.3 is 0 Å². The Labute approximate surface area is 170 Å². The number of piperazine rings is 1. The summed E-state index contributed by atoms with van der Waals surface area (Å²) >= 11 is 0. The summed E-state index contributed by atoms with van der Waals surface area (Å²) in [5.41, 5.74) is 2.03. The van der Waals surface area contributed by atoms with Crippen LogP contribution in [0.2, 0.25) is 0 Å². The molecule has 1 fully saturated rings. The van der Waals surface area contributed by atoms with E-state index >= 15 is 0 Å². The van der Waals surface area contributed by atoms with Gasteiger partial charge in [0.15, 0.2) is 0 Å². The van der Waals surface area contributed by atoms with Crippen LogP contribution in [0.15, 0.2) is 65.8 Å². The highest BCUT2D eigenvalue weighted by Crippen LogP contribution is 2.31. The van der Waals surface area contributed by atoms with Crippen LogP contribution < -0.4 is 0 Å². The maximum absolute atomic E-state index is 14.8. The fraction of sp³-hybridized carbons (Fsp3) is 0.286. The summed E-state index contributed by atoms with van der Waals surface area (Å²) in [6.45, 7) is 3.41. The number of benzene rings is 2. The molecule has 0 aliphatic carbocycles. The molecule has 0 N–H and O–H groups in total. The van der Waals surface area contributed by atoms with E-state index < -0.39 is 15.8 Å². The molecule has 0 bridgehead atoms. The van der Waals surface area contributed by atoms with Crippen molar-refractivity contribution in [2.45, 2.75) is 17.9 Å². The summed E-state index contributed by atoms with van der Waals surface area (Å²) < 4.78 is 44.5. The minimum Gasteiger partial charge on any atom is -0.303 e. The Balaban J connectivity index is 1.70. The molecule has 1 aliphatic heterocycles. The molecule has 1 aliphatic rings. The first-order valence-electron chi connectivity index (χ1n) is 9.43. The second-order valence-corrected chi connectivity index (χ2v) is 9.27. The fourth-order valence-corrected chi connectivity index (χ4v) is 5.26. The fourth-order valence-electron chi connectivity index (χ4n) is 3.65. The summed E-state index contributed by atoms with van der Waals surface area (Å²) in [7, 11) is -1.89. The Morgan fingerprint density at radius 3 is 2.52 bits per heavy atom. The molecule has 8 heteroatoms. The van der Waals surface area contributed by atoms with Crippen LogP contribution in [0.3, 0.4) is 0 Å². The number of aromatic nitrogens is 2. The molecule has 152 valence electrons. The van der Waals surface area contributed by atoms with Crippen LogP contribution in [0.1, 0.15) is 17.2 Å². The van der Waals surface area contributed by atoms with E-state index in [2.05, 4.69) is 10.00 Å². The third kappa shape index (κ3) is 3.83. The average Bonchev–Trinajstić information content (AvgIpc) is 3.14. The normalized spacial score (nSPS) is 18.8. The number of likely N-dealkylation sites (N-methyl/N-ethyl adjacent to an activating group) is 1. The molecular formula is C21H23FN4O2S. The van der Waals surface area contributed by atoms with E-state index in [1.54, 1.807) is 12.4 Å². The average molecular weight is 415 g/mol. The van der Waals surface area contributed by atoms with Gasteiger partial charge in [-0.25, -0.2) is 17.5 Å². The lowest BCUT2D eigenvalue weighted by Crippen LogP contribution is -2.49. The van der Waals surface area contributed by atoms with Gasteiger partial charge in [0.05, 0.1) is 17.1 Å². The number of hydrogen-bond acceptors (Lipinski definition) is 4. The zero-order chi connectivity index (χ0) is 20.6. The van der Waals surface area contributed by atoms with Gasteiger partial charge in [-0.05, 0) is 43.3 Å². The zero-order valence-corrected chi connectivity index (χ0v) is 17.2. The molecule has 1 saturated heterocycles. The quantitative estimate of drug-likeness (QED) is 0.659. The topological polar surface area (TPSA) is 58.4 Å². The van der Waals surface area contributed by atoms with Gasteiger partial charge in [0.25, 0.3) is 0 Å². The molecule has 0 amide bonds. The maximum Gasteiger partial charge on any atom is 0.243 e. The maximum atomic E-state index is 14.8. The lowest BCUT2D eigenvalue weighted by atomic mass is 10.1. The predicted octanol–water partition coefficient (Wildman–Crippen LogP) is 3.00. The second-order valence-electron chi connectivity index (χ2n) is 7.38. The first-order chi connectivity index (χ1) is 13.9. The van der Waals surface area contributed by atoms with Crippen LogP contribution in [0.5, 0.6) is 0 Å². The first-order valence-corrected chi connectivity index (χ1v) is 10.9. The highest BCUT2D eigenvalue weighted by atomic mass is 32.2. The Morgan fingerprint density at radius 2 is 1.86 bits per heavy atom.